The lowest BCUT2D eigenvalue weighted by Gasteiger charge is -2.36. The van der Waals surface area contributed by atoms with Crippen LogP contribution in [-0.2, 0) is 0 Å². The minimum atomic E-state index is 0.163. The molecular formula is C24H35N5O2. The maximum Gasteiger partial charge on any atom is 0.193 e. The molecule has 168 valence electrons. The summed E-state index contributed by atoms with van der Waals surface area (Å²) in [5.41, 5.74) is 8.19. The minimum Gasteiger partial charge on any atom is -0.497 e. The van der Waals surface area contributed by atoms with E-state index in [2.05, 4.69) is 32.2 Å². The zero-order chi connectivity index (χ0) is 22.1. The summed E-state index contributed by atoms with van der Waals surface area (Å²) in [6, 6.07) is 16.1. The molecule has 7 heteroatoms. The molecule has 0 amide bonds. The Morgan fingerprint density at radius 1 is 1.00 bits per heavy atom. The average Bonchev–Trinajstić information content (AvgIpc) is 2.78. The van der Waals surface area contributed by atoms with Gasteiger partial charge in [-0.3, -0.25) is 9.89 Å². The molecule has 2 aromatic rings. The molecule has 2 aromatic carbocycles. The molecule has 1 aliphatic heterocycles. The number of piperazine rings is 1. The lowest BCUT2D eigenvalue weighted by atomic mass is 10.2. The van der Waals surface area contributed by atoms with E-state index in [0.717, 1.165) is 56.3 Å². The third kappa shape index (κ3) is 7.36. The molecule has 31 heavy (non-hydrogen) atoms. The molecule has 7 nitrogen and oxygen atoms in total. The Morgan fingerprint density at radius 3 is 2.26 bits per heavy atom. The van der Waals surface area contributed by atoms with Gasteiger partial charge in [0.1, 0.15) is 11.5 Å². The van der Waals surface area contributed by atoms with Crippen molar-refractivity contribution in [2.24, 2.45) is 10.7 Å². The summed E-state index contributed by atoms with van der Waals surface area (Å²) in [6.45, 7) is 9.98. The molecule has 0 bridgehead atoms. The molecule has 0 aromatic heterocycles. The van der Waals surface area contributed by atoms with Gasteiger partial charge in [-0.05, 0) is 68.8 Å². The van der Waals surface area contributed by atoms with E-state index in [9.17, 15) is 0 Å². The number of ether oxygens (including phenoxy) is 2. The molecule has 0 atom stereocenters. The van der Waals surface area contributed by atoms with Gasteiger partial charge in [-0.25, -0.2) is 0 Å². The van der Waals surface area contributed by atoms with E-state index in [0.29, 0.717) is 12.5 Å². The predicted molar refractivity (Wildman–Crippen MR) is 129 cm³/mol. The van der Waals surface area contributed by atoms with Gasteiger partial charge < -0.3 is 25.4 Å². The summed E-state index contributed by atoms with van der Waals surface area (Å²) in [5.74, 6) is 2.19. The lowest BCUT2D eigenvalue weighted by molar-refractivity contribution is 0.242. The Morgan fingerprint density at radius 2 is 1.65 bits per heavy atom. The zero-order valence-corrected chi connectivity index (χ0v) is 18.9. The second-order valence-corrected chi connectivity index (χ2v) is 7.96. The number of anilines is 2. The Bertz CT molecular complexity index is 813. The van der Waals surface area contributed by atoms with Gasteiger partial charge in [-0.1, -0.05) is 0 Å². The topological polar surface area (TPSA) is 75.4 Å². The number of aliphatic imine (C=N–C) groups is 1. The quantitative estimate of drug-likeness (QED) is 0.364. The van der Waals surface area contributed by atoms with Crippen molar-refractivity contribution >= 4 is 17.3 Å². The molecule has 0 aliphatic carbocycles. The van der Waals surface area contributed by atoms with Gasteiger partial charge >= 0.3 is 0 Å². The number of guanidine groups is 1. The van der Waals surface area contributed by atoms with Crippen LogP contribution >= 0.6 is 0 Å². The molecule has 1 heterocycles. The highest BCUT2D eigenvalue weighted by molar-refractivity contribution is 5.92. The maximum atomic E-state index is 6.03. The van der Waals surface area contributed by atoms with E-state index in [1.54, 1.807) is 7.11 Å². The number of nitrogens with two attached hydrogens (primary N) is 1. The second-order valence-electron chi connectivity index (χ2n) is 7.96. The third-order valence-corrected chi connectivity index (χ3v) is 5.22. The van der Waals surface area contributed by atoms with Crippen LogP contribution in [0.1, 0.15) is 20.3 Å². The average molecular weight is 426 g/mol. The highest BCUT2D eigenvalue weighted by atomic mass is 16.5. The first-order valence-corrected chi connectivity index (χ1v) is 11.0. The second kappa shape index (κ2) is 11.5. The van der Waals surface area contributed by atoms with Crippen molar-refractivity contribution < 1.29 is 9.47 Å². The molecule has 1 saturated heterocycles. The molecule has 0 unspecified atom stereocenters. The third-order valence-electron chi connectivity index (χ3n) is 5.22. The monoisotopic (exact) mass is 425 g/mol. The number of methoxy groups -OCH3 is 1. The molecule has 0 spiro atoms. The number of hydrogen-bond donors (Lipinski definition) is 2. The first-order valence-electron chi connectivity index (χ1n) is 11.0. The number of nitrogens with one attached hydrogen (secondary N) is 1. The fraction of sp³-hybridized carbons (Fsp3) is 0.458. The number of hydrogen-bond acceptors (Lipinski definition) is 5. The number of nitrogens with zero attached hydrogens (tertiary/aromatic N) is 3. The molecule has 0 radical (unpaired) electrons. The van der Waals surface area contributed by atoms with Gasteiger partial charge in [0, 0.05) is 50.6 Å². The van der Waals surface area contributed by atoms with Crippen LogP contribution in [0.5, 0.6) is 11.5 Å². The Kier molecular flexibility index (Phi) is 8.41. The fourth-order valence-electron chi connectivity index (χ4n) is 3.59. The van der Waals surface area contributed by atoms with Gasteiger partial charge in [-0.15, -0.1) is 0 Å². The van der Waals surface area contributed by atoms with Gasteiger partial charge in [0.2, 0.25) is 0 Å². The standard InChI is InChI=1S/C24H35N5O2/c1-19(2)31-23-9-5-20(6-10-23)27-24(25)26-13-4-14-28-15-17-29(18-16-28)21-7-11-22(30-3)12-8-21/h5-12,19H,4,13-18H2,1-3H3,(H3,25,26,27). The molecule has 3 rings (SSSR count). The maximum absolute atomic E-state index is 6.03. The fourth-order valence-corrected chi connectivity index (χ4v) is 3.59. The Hall–Kier alpha value is -2.93. The summed E-state index contributed by atoms with van der Waals surface area (Å²) >= 11 is 0. The van der Waals surface area contributed by atoms with Crippen molar-refractivity contribution in [3.8, 4) is 11.5 Å². The van der Waals surface area contributed by atoms with Crippen LogP contribution < -0.4 is 25.4 Å². The molecule has 0 saturated carbocycles. The molecule has 3 N–H and O–H groups in total. The molecule has 1 aliphatic rings. The first-order chi connectivity index (χ1) is 15.0. The summed E-state index contributed by atoms with van der Waals surface area (Å²) in [4.78, 5) is 9.37. The van der Waals surface area contributed by atoms with Crippen molar-refractivity contribution in [3.63, 3.8) is 0 Å². The predicted octanol–water partition coefficient (Wildman–Crippen LogP) is 3.42. The van der Waals surface area contributed by atoms with E-state index in [-0.39, 0.29) is 6.10 Å². The minimum absolute atomic E-state index is 0.163. The van der Waals surface area contributed by atoms with Gasteiger partial charge in [0.25, 0.3) is 0 Å². The largest absolute Gasteiger partial charge is 0.497 e. The summed E-state index contributed by atoms with van der Waals surface area (Å²) < 4.78 is 10.9. The number of benzene rings is 2. The SMILES string of the molecule is COc1ccc(N2CCN(CCCN=C(N)Nc3ccc(OC(C)C)cc3)CC2)cc1. The van der Waals surface area contributed by atoms with Crippen molar-refractivity contribution in [2.45, 2.75) is 26.4 Å². The van der Waals surface area contributed by atoms with Crippen LogP contribution in [0, 0.1) is 0 Å². The van der Waals surface area contributed by atoms with Crippen molar-refractivity contribution in [3.05, 3.63) is 48.5 Å². The highest BCUT2D eigenvalue weighted by Crippen LogP contribution is 2.20. The molecular weight excluding hydrogens is 390 g/mol. The van der Waals surface area contributed by atoms with Crippen molar-refractivity contribution in [1.82, 2.24) is 4.90 Å². The summed E-state index contributed by atoms with van der Waals surface area (Å²) in [6.07, 6.45) is 1.15. The normalized spacial score (nSPS) is 15.2. The zero-order valence-electron chi connectivity index (χ0n) is 18.9. The Balaban J connectivity index is 1.34. The summed E-state index contributed by atoms with van der Waals surface area (Å²) in [7, 11) is 1.70. The first kappa shape index (κ1) is 22.7. The van der Waals surface area contributed by atoms with Crippen LogP contribution in [0.4, 0.5) is 11.4 Å². The molecule has 1 fully saturated rings. The number of rotatable bonds is 9. The lowest BCUT2D eigenvalue weighted by Crippen LogP contribution is -2.46. The summed E-state index contributed by atoms with van der Waals surface area (Å²) in [5, 5.41) is 3.14. The van der Waals surface area contributed by atoms with E-state index in [4.69, 9.17) is 15.2 Å². The van der Waals surface area contributed by atoms with E-state index < -0.39 is 0 Å². The van der Waals surface area contributed by atoms with Crippen molar-refractivity contribution in [2.75, 3.05) is 56.6 Å². The van der Waals surface area contributed by atoms with Crippen LogP contribution in [0.25, 0.3) is 0 Å². The van der Waals surface area contributed by atoms with E-state index >= 15 is 0 Å². The highest BCUT2D eigenvalue weighted by Gasteiger charge is 2.16. The van der Waals surface area contributed by atoms with Crippen molar-refractivity contribution in [1.29, 1.82) is 0 Å². The van der Waals surface area contributed by atoms with E-state index in [1.807, 2.05) is 50.2 Å². The van der Waals surface area contributed by atoms with E-state index in [1.165, 1.54) is 5.69 Å². The van der Waals surface area contributed by atoms with Crippen LogP contribution in [0.3, 0.4) is 0 Å². The Labute approximate surface area is 185 Å². The van der Waals surface area contributed by atoms with Gasteiger partial charge in [-0.2, -0.15) is 0 Å². The van der Waals surface area contributed by atoms with Crippen LogP contribution in [0.2, 0.25) is 0 Å². The van der Waals surface area contributed by atoms with Crippen LogP contribution in [-0.4, -0.2) is 63.3 Å². The van der Waals surface area contributed by atoms with Gasteiger partial charge in [0.15, 0.2) is 5.96 Å². The van der Waals surface area contributed by atoms with Gasteiger partial charge in [0.05, 0.1) is 13.2 Å². The van der Waals surface area contributed by atoms with Crippen LogP contribution in [0.15, 0.2) is 53.5 Å². The smallest absolute Gasteiger partial charge is 0.193 e.